The van der Waals surface area contributed by atoms with Crippen LogP contribution in [0, 0.1) is 0 Å². The van der Waals surface area contributed by atoms with Crippen molar-refractivity contribution in [1.82, 2.24) is 0 Å². The molecule has 0 aromatic heterocycles. The third kappa shape index (κ3) is 4.66. The van der Waals surface area contributed by atoms with E-state index in [4.69, 9.17) is 18.9 Å². The minimum Gasteiger partial charge on any atom is -0.493 e. The summed E-state index contributed by atoms with van der Waals surface area (Å²) in [5.74, 6) is 0.801. The Hall–Kier alpha value is -2.69. The average Bonchev–Trinajstić information content (AvgIpc) is 2.66. The van der Waals surface area contributed by atoms with Crippen molar-refractivity contribution in [2.75, 3.05) is 27.9 Å². The van der Waals surface area contributed by atoms with Gasteiger partial charge in [-0.05, 0) is 30.2 Å². The first-order valence-electron chi connectivity index (χ1n) is 8.11. The molecule has 5 nitrogen and oxygen atoms in total. The highest BCUT2D eigenvalue weighted by Crippen LogP contribution is 2.40. The molecule has 2 aromatic rings. The number of rotatable bonds is 8. The molecule has 1 atom stereocenters. The zero-order valence-electron chi connectivity index (χ0n) is 15.1. The number of benzene rings is 2. The number of methoxy groups -OCH3 is 3. The van der Waals surface area contributed by atoms with Crippen molar-refractivity contribution in [3.63, 3.8) is 0 Å². The summed E-state index contributed by atoms with van der Waals surface area (Å²) in [6, 6.07) is 13.5. The van der Waals surface area contributed by atoms with Crippen molar-refractivity contribution >= 4 is 5.97 Å². The Morgan fingerprint density at radius 3 is 2.08 bits per heavy atom. The van der Waals surface area contributed by atoms with E-state index in [0.717, 1.165) is 11.1 Å². The van der Waals surface area contributed by atoms with Crippen LogP contribution in [0.5, 0.6) is 17.2 Å². The predicted octanol–water partition coefficient (Wildman–Crippen LogP) is 3.60. The topological polar surface area (TPSA) is 54.0 Å². The van der Waals surface area contributed by atoms with Crippen molar-refractivity contribution in [3.05, 3.63) is 53.6 Å². The van der Waals surface area contributed by atoms with Crippen molar-refractivity contribution in [1.29, 1.82) is 0 Å². The van der Waals surface area contributed by atoms with E-state index in [0.29, 0.717) is 30.3 Å². The molecular weight excluding hydrogens is 320 g/mol. The zero-order valence-corrected chi connectivity index (χ0v) is 15.1. The van der Waals surface area contributed by atoms with E-state index in [-0.39, 0.29) is 5.97 Å². The highest BCUT2D eigenvalue weighted by atomic mass is 16.5. The molecule has 5 heteroatoms. The number of esters is 1. The smallest absolute Gasteiger partial charge is 0.313 e. The van der Waals surface area contributed by atoms with Crippen LogP contribution in [0.15, 0.2) is 42.5 Å². The molecule has 0 amide bonds. The molecule has 0 saturated carbocycles. The summed E-state index contributed by atoms with van der Waals surface area (Å²) >= 11 is 0. The van der Waals surface area contributed by atoms with Gasteiger partial charge >= 0.3 is 5.97 Å². The van der Waals surface area contributed by atoms with Gasteiger partial charge in [0.2, 0.25) is 5.75 Å². The van der Waals surface area contributed by atoms with E-state index in [1.54, 1.807) is 40.4 Å². The minimum absolute atomic E-state index is 0.287. The Labute approximate surface area is 148 Å². The summed E-state index contributed by atoms with van der Waals surface area (Å²) in [5, 5.41) is 0. The summed E-state index contributed by atoms with van der Waals surface area (Å²) in [6.07, 6.45) is 0.689. The summed E-state index contributed by atoms with van der Waals surface area (Å²) < 4.78 is 21.4. The molecule has 1 unspecified atom stereocenters. The molecule has 0 bridgehead atoms. The zero-order chi connectivity index (χ0) is 18.2. The highest BCUT2D eigenvalue weighted by Gasteiger charge is 2.21. The largest absolute Gasteiger partial charge is 0.493 e. The fraction of sp³-hybridized carbons (Fsp3) is 0.350. The van der Waals surface area contributed by atoms with Gasteiger partial charge in [0, 0.05) is 6.42 Å². The van der Waals surface area contributed by atoms with E-state index in [2.05, 4.69) is 0 Å². The maximum absolute atomic E-state index is 12.4. The second-order valence-corrected chi connectivity index (χ2v) is 5.58. The SMILES string of the molecule is COc1cc(C(C)C(=O)OCCc2ccccc2)cc(OC)c1OC. The quantitative estimate of drug-likeness (QED) is 0.685. The maximum Gasteiger partial charge on any atom is 0.313 e. The molecule has 0 aliphatic rings. The second-order valence-electron chi connectivity index (χ2n) is 5.58. The molecule has 0 fully saturated rings. The van der Waals surface area contributed by atoms with Gasteiger partial charge in [0.15, 0.2) is 11.5 Å². The van der Waals surface area contributed by atoms with Gasteiger partial charge in [0.25, 0.3) is 0 Å². The van der Waals surface area contributed by atoms with Crippen LogP contribution in [0.25, 0.3) is 0 Å². The van der Waals surface area contributed by atoms with Crippen molar-refractivity contribution < 1.29 is 23.7 Å². The van der Waals surface area contributed by atoms with Crippen LogP contribution in [0.4, 0.5) is 0 Å². The van der Waals surface area contributed by atoms with Gasteiger partial charge in [-0.3, -0.25) is 4.79 Å². The lowest BCUT2D eigenvalue weighted by Gasteiger charge is -2.17. The Morgan fingerprint density at radius 2 is 1.56 bits per heavy atom. The molecule has 0 spiro atoms. The van der Waals surface area contributed by atoms with E-state index >= 15 is 0 Å². The van der Waals surface area contributed by atoms with Crippen LogP contribution < -0.4 is 14.2 Å². The molecule has 2 aromatic carbocycles. The van der Waals surface area contributed by atoms with Crippen LogP contribution in [-0.2, 0) is 16.0 Å². The van der Waals surface area contributed by atoms with Gasteiger partial charge in [0.05, 0.1) is 33.9 Å². The van der Waals surface area contributed by atoms with Gasteiger partial charge in [0.1, 0.15) is 0 Å². The van der Waals surface area contributed by atoms with E-state index < -0.39 is 5.92 Å². The van der Waals surface area contributed by atoms with Gasteiger partial charge in [-0.25, -0.2) is 0 Å². The molecule has 0 N–H and O–H groups in total. The molecule has 134 valence electrons. The lowest BCUT2D eigenvalue weighted by Crippen LogP contribution is -2.15. The fourth-order valence-corrected chi connectivity index (χ4v) is 2.53. The summed E-state index contributed by atoms with van der Waals surface area (Å²) in [4.78, 5) is 12.4. The molecule has 0 aliphatic carbocycles. The van der Waals surface area contributed by atoms with Crippen LogP contribution >= 0.6 is 0 Å². The molecular formula is C20H24O5. The van der Waals surface area contributed by atoms with Crippen LogP contribution in [0.3, 0.4) is 0 Å². The fourth-order valence-electron chi connectivity index (χ4n) is 2.53. The van der Waals surface area contributed by atoms with E-state index in [1.165, 1.54) is 0 Å². The van der Waals surface area contributed by atoms with Gasteiger partial charge < -0.3 is 18.9 Å². The number of ether oxygens (including phenoxy) is 4. The lowest BCUT2D eigenvalue weighted by molar-refractivity contribution is -0.144. The van der Waals surface area contributed by atoms with Gasteiger partial charge in [-0.15, -0.1) is 0 Å². The third-order valence-electron chi connectivity index (χ3n) is 4.02. The molecule has 0 aliphatic heterocycles. The van der Waals surface area contributed by atoms with E-state index in [9.17, 15) is 4.79 Å². The first kappa shape index (κ1) is 18.6. The molecule has 0 radical (unpaired) electrons. The van der Waals surface area contributed by atoms with E-state index in [1.807, 2.05) is 30.3 Å². The average molecular weight is 344 g/mol. The first-order chi connectivity index (χ1) is 12.1. The first-order valence-corrected chi connectivity index (χ1v) is 8.11. The van der Waals surface area contributed by atoms with Crippen molar-refractivity contribution in [2.45, 2.75) is 19.3 Å². The number of hydrogen-bond donors (Lipinski definition) is 0. The Bertz CT molecular complexity index is 671. The Balaban J connectivity index is 2.05. The summed E-state index contributed by atoms with van der Waals surface area (Å²) in [7, 11) is 4.63. The molecule has 2 rings (SSSR count). The second kappa shape index (κ2) is 8.97. The van der Waals surface area contributed by atoms with Crippen LogP contribution in [0.1, 0.15) is 24.0 Å². The predicted molar refractivity (Wildman–Crippen MR) is 95.6 cm³/mol. The number of hydrogen-bond acceptors (Lipinski definition) is 5. The van der Waals surface area contributed by atoms with Gasteiger partial charge in [-0.1, -0.05) is 30.3 Å². The minimum atomic E-state index is -0.440. The highest BCUT2D eigenvalue weighted by molar-refractivity contribution is 5.78. The number of carbonyl (C=O) groups excluding carboxylic acids is 1. The standard InChI is InChI=1S/C20H24O5/c1-14(20(21)25-11-10-15-8-6-5-7-9-15)16-12-17(22-2)19(24-4)18(13-16)23-3/h5-9,12-14H,10-11H2,1-4H3. The Morgan fingerprint density at radius 1 is 0.960 bits per heavy atom. The van der Waals surface area contributed by atoms with Gasteiger partial charge in [-0.2, -0.15) is 0 Å². The van der Waals surface area contributed by atoms with Crippen LogP contribution in [0.2, 0.25) is 0 Å². The number of carbonyl (C=O) groups is 1. The monoisotopic (exact) mass is 344 g/mol. The molecule has 0 heterocycles. The van der Waals surface area contributed by atoms with Crippen molar-refractivity contribution in [3.8, 4) is 17.2 Å². The third-order valence-corrected chi connectivity index (χ3v) is 4.02. The van der Waals surface area contributed by atoms with Crippen LogP contribution in [-0.4, -0.2) is 33.9 Å². The molecule has 25 heavy (non-hydrogen) atoms. The normalized spacial score (nSPS) is 11.5. The summed E-state index contributed by atoms with van der Waals surface area (Å²) in [5.41, 5.74) is 1.88. The Kier molecular flexibility index (Phi) is 6.69. The summed E-state index contributed by atoms with van der Waals surface area (Å²) in [6.45, 7) is 2.14. The molecule has 0 saturated heterocycles. The lowest BCUT2D eigenvalue weighted by atomic mass is 10.00. The maximum atomic E-state index is 12.4. The van der Waals surface area contributed by atoms with Crippen molar-refractivity contribution in [2.24, 2.45) is 0 Å².